The smallest absolute Gasteiger partial charge is 0.190 e. The molecule has 37 heavy (non-hydrogen) atoms. The fourth-order valence-electron chi connectivity index (χ4n) is 8.04. The molecule has 9 heteroatoms. The van der Waals surface area contributed by atoms with Crippen LogP contribution in [0.1, 0.15) is 52.0 Å². The van der Waals surface area contributed by atoms with Crippen LogP contribution < -0.4 is 0 Å². The number of alkyl halides is 1. The average Bonchev–Trinajstić information content (AvgIpc) is 3.06. The Morgan fingerprint density at radius 2 is 2.08 bits per heavy atom. The van der Waals surface area contributed by atoms with Gasteiger partial charge in [0.15, 0.2) is 11.5 Å². The Morgan fingerprint density at radius 1 is 1.32 bits per heavy atom. The first-order chi connectivity index (χ1) is 17.4. The van der Waals surface area contributed by atoms with E-state index in [-0.39, 0.29) is 18.9 Å². The average molecular weight is 577 g/mol. The summed E-state index contributed by atoms with van der Waals surface area (Å²) >= 11 is 3.38. The van der Waals surface area contributed by atoms with Crippen LogP contribution in [-0.2, 0) is 16.2 Å². The van der Waals surface area contributed by atoms with Crippen LogP contribution in [0.15, 0.2) is 51.9 Å². The van der Waals surface area contributed by atoms with Crippen LogP contribution in [0.2, 0.25) is 0 Å². The summed E-state index contributed by atoms with van der Waals surface area (Å²) in [6.45, 7) is 4.85. The molecule has 0 amide bonds. The molecule has 3 saturated carbocycles. The third-order valence-corrected chi connectivity index (χ3v) is 10.4. The molecule has 3 fully saturated rings. The summed E-state index contributed by atoms with van der Waals surface area (Å²) in [6.07, 6.45) is 8.85. The monoisotopic (exact) mass is 576 g/mol. The summed E-state index contributed by atoms with van der Waals surface area (Å²) in [6, 6.07) is 1.89. The normalized spacial score (nSPS) is 43.6. The number of carbonyl (C=O) groups is 1. The van der Waals surface area contributed by atoms with Gasteiger partial charge in [-0.15, -0.1) is 0 Å². The molecule has 4 aliphatic rings. The van der Waals surface area contributed by atoms with Gasteiger partial charge < -0.3 is 20.2 Å². The van der Waals surface area contributed by atoms with E-state index in [1.807, 2.05) is 19.1 Å². The zero-order valence-electron chi connectivity index (χ0n) is 21.3. The van der Waals surface area contributed by atoms with Gasteiger partial charge in [0.25, 0.3) is 0 Å². The van der Waals surface area contributed by atoms with E-state index in [0.29, 0.717) is 25.0 Å². The molecule has 1 heterocycles. The SMILES string of the molecule is C[C@H]1C[C@H]2[C@@H]3CCC4=C/C(=N/OCc5cncc(Br)c5)C=C[C@]4(C)[C@@]3(F)[C@@H](O)C[C@]2(C)[C@@]1(O)C(=O)CO. The van der Waals surface area contributed by atoms with Crippen molar-refractivity contribution in [2.45, 2.75) is 70.4 Å². The molecule has 7 nitrogen and oxygen atoms in total. The van der Waals surface area contributed by atoms with Gasteiger partial charge in [-0.3, -0.25) is 9.78 Å². The molecule has 0 aliphatic heterocycles. The molecule has 8 atom stereocenters. The lowest BCUT2D eigenvalue weighted by Gasteiger charge is -2.62. The Labute approximate surface area is 224 Å². The van der Waals surface area contributed by atoms with Gasteiger partial charge in [0.2, 0.25) is 0 Å². The second-order valence-corrected chi connectivity index (χ2v) is 12.6. The largest absolute Gasteiger partial charge is 0.390 e. The predicted molar refractivity (Wildman–Crippen MR) is 139 cm³/mol. The molecule has 0 bridgehead atoms. The van der Waals surface area contributed by atoms with Crippen LogP contribution in [0.4, 0.5) is 4.39 Å². The number of aliphatic hydroxyl groups excluding tert-OH is 2. The van der Waals surface area contributed by atoms with Crippen molar-refractivity contribution in [3.63, 3.8) is 0 Å². The van der Waals surface area contributed by atoms with E-state index < -0.39 is 52.4 Å². The molecule has 4 aliphatic carbocycles. The zero-order valence-corrected chi connectivity index (χ0v) is 22.9. The Hall–Kier alpha value is -1.94. The van der Waals surface area contributed by atoms with Gasteiger partial charge in [0.1, 0.15) is 24.5 Å². The Kier molecular flexibility index (Phi) is 6.54. The summed E-state index contributed by atoms with van der Waals surface area (Å²) < 4.78 is 18.2. The van der Waals surface area contributed by atoms with Crippen molar-refractivity contribution in [1.29, 1.82) is 0 Å². The number of hydrogen-bond donors (Lipinski definition) is 3. The van der Waals surface area contributed by atoms with Crippen molar-refractivity contribution >= 4 is 27.4 Å². The minimum absolute atomic E-state index is 0.0569. The second-order valence-electron chi connectivity index (χ2n) is 11.6. The van der Waals surface area contributed by atoms with Gasteiger partial charge in [-0.25, -0.2) is 4.39 Å². The minimum Gasteiger partial charge on any atom is -0.390 e. The summed E-state index contributed by atoms with van der Waals surface area (Å²) in [4.78, 5) is 22.4. The Morgan fingerprint density at radius 3 is 2.78 bits per heavy atom. The second kappa shape index (κ2) is 9.07. The number of ketones is 1. The van der Waals surface area contributed by atoms with Crippen LogP contribution in [0.3, 0.4) is 0 Å². The maximum atomic E-state index is 17.4. The molecule has 1 aromatic heterocycles. The summed E-state index contributed by atoms with van der Waals surface area (Å²) in [5.74, 6) is -1.95. The van der Waals surface area contributed by atoms with E-state index in [1.165, 1.54) is 0 Å². The number of aromatic nitrogens is 1. The van der Waals surface area contributed by atoms with E-state index >= 15 is 4.39 Å². The number of fused-ring (bicyclic) bond motifs is 5. The van der Waals surface area contributed by atoms with Crippen LogP contribution in [0.5, 0.6) is 0 Å². The maximum Gasteiger partial charge on any atom is 0.190 e. The number of nitrogens with zero attached hydrogens (tertiary/aromatic N) is 2. The first-order valence-electron chi connectivity index (χ1n) is 12.8. The predicted octanol–water partition coefficient (Wildman–Crippen LogP) is 4.06. The van der Waals surface area contributed by atoms with E-state index in [4.69, 9.17) is 4.84 Å². The topological polar surface area (TPSA) is 112 Å². The molecule has 200 valence electrons. The molecule has 3 N–H and O–H groups in total. The van der Waals surface area contributed by atoms with Crippen molar-refractivity contribution < 1.29 is 29.3 Å². The molecular weight excluding hydrogens is 543 g/mol. The number of rotatable bonds is 5. The molecule has 0 spiro atoms. The lowest BCUT2D eigenvalue weighted by molar-refractivity contribution is -0.219. The highest BCUT2D eigenvalue weighted by molar-refractivity contribution is 9.10. The lowest BCUT2D eigenvalue weighted by atomic mass is 9.44. The standard InChI is InChI=1S/C28H34BrFN2O5/c1-16-8-22-21-5-4-18-10-20(32-37-15-17-9-19(29)13-31-12-17)6-7-25(18,2)27(21,30)23(34)11-26(22,3)28(16,36)24(35)14-33/h6-7,9-10,12-13,16,21-23,33-34,36H,4-5,8,11,14-15H2,1-3H3/b32-20+/t16-,21-,22-,23-,25-,26-,27-,28-/m0/s1. The quantitative estimate of drug-likeness (QED) is 0.456. The molecule has 0 radical (unpaired) electrons. The lowest BCUT2D eigenvalue weighted by Crippen LogP contribution is -2.69. The van der Waals surface area contributed by atoms with E-state index in [0.717, 1.165) is 15.6 Å². The Bertz CT molecular complexity index is 1200. The van der Waals surface area contributed by atoms with Crippen molar-refractivity contribution in [2.24, 2.45) is 33.7 Å². The third kappa shape index (κ3) is 3.64. The number of pyridine rings is 1. The highest BCUT2D eigenvalue weighted by Crippen LogP contribution is 2.70. The Balaban J connectivity index is 1.42. The third-order valence-electron chi connectivity index (χ3n) is 9.97. The van der Waals surface area contributed by atoms with Crippen molar-refractivity contribution in [3.8, 4) is 0 Å². The fraction of sp³-hybridized carbons (Fsp3) is 0.607. The van der Waals surface area contributed by atoms with Gasteiger partial charge >= 0.3 is 0 Å². The zero-order chi connectivity index (χ0) is 26.8. The number of hydrogen-bond acceptors (Lipinski definition) is 7. The van der Waals surface area contributed by atoms with Crippen molar-refractivity contribution in [1.82, 2.24) is 4.98 Å². The number of allylic oxidation sites excluding steroid dienone is 4. The van der Waals surface area contributed by atoms with Crippen LogP contribution in [-0.4, -0.2) is 55.8 Å². The highest BCUT2D eigenvalue weighted by atomic mass is 79.9. The first kappa shape index (κ1) is 26.7. The molecule has 1 aromatic rings. The highest BCUT2D eigenvalue weighted by Gasteiger charge is 2.75. The van der Waals surface area contributed by atoms with Gasteiger partial charge in [0.05, 0.1) is 6.10 Å². The molecule has 0 saturated heterocycles. The number of oxime groups is 1. The van der Waals surface area contributed by atoms with Gasteiger partial charge in [-0.05, 0) is 78.6 Å². The van der Waals surface area contributed by atoms with Gasteiger partial charge in [-0.1, -0.05) is 30.7 Å². The van der Waals surface area contributed by atoms with E-state index in [9.17, 15) is 20.1 Å². The number of carbonyl (C=O) groups excluding carboxylic acids is 1. The summed E-state index contributed by atoms with van der Waals surface area (Å²) in [5.41, 5.74) is -3.58. The summed E-state index contributed by atoms with van der Waals surface area (Å²) in [7, 11) is 0. The molecular formula is C28H34BrFN2O5. The number of Topliss-reactive ketones (excluding diaryl/α,β-unsaturated/α-hetero) is 1. The van der Waals surface area contributed by atoms with Crippen LogP contribution in [0.25, 0.3) is 0 Å². The molecule has 0 aromatic carbocycles. The van der Waals surface area contributed by atoms with Crippen LogP contribution in [0, 0.1) is 28.6 Å². The van der Waals surface area contributed by atoms with Crippen molar-refractivity contribution in [2.75, 3.05) is 6.61 Å². The molecule has 5 rings (SSSR count). The van der Waals surface area contributed by atoms with Gasteiger partial charge in [0, 0.05) is 39.2 Å². The van der Waals surface area contributed by atoms with Gasteiger partial charge in [-0.2, -0.15) is 0 Å². The minimum atomic E-state index is -1.97. The first-order valence-corrected chi connectivity index (χ1v) is 13.6. The summed E-state index contributed by atoms with van der Waals surface area (Å²) in [5, 5.41) is 36.8. The number of aliphatic hydroxyl groups is 3. The van der Waals surface area contributed by atoms with Crippen molar-refractivity contribution in [3.05, 3.63) is 52.3 Å². The molecule has 0 unspecified atom stereocenters. The van der Waals surface area contributed by atoms with E-state index in [2.05, 4.69) is 26.1 Å². The van der Waals surface area contributed by atoms with E-state index in [1.54, 1.807) is 38.4 Å². The van der Waals surface area contributed by atoms with Crippen LogP contribution >= 0.6 is 15.9 Å². The number of halogens is 2. The fourth-order valence-corrected chi connectivity index (χ4v) is 8.46. The maximum absolute atomic E-state index is 17.4.